The van der Waals surface area contributed by atoms with E-state index in [9.17, 15) is 18.0 Å². The Morgan fingerprint density at radius 2 is 1.93 bits per heavy atom. The first kappa shape index (κ1) is 19.6. The highest BCUT2D eigenvalue weighted by atomic mass is 35.5. The summed E-state index contributed by atoms with van der Waals surface area (Å²) in [7, 11) is -3.72. The van der Waals surface area contributed by atoms with Crippen molar-refractivity contribution in [1.29, 1.82) is 0 Å². The smallest absolute Gasteiger partial charge is 0.272 e. The van der Waals surface area contributed by atoms with Gasteiger partial charge in [-0.25, -0.2) is 8.42 Å². The minimum Gasteiger partial charge on any atom is -0.379 e. The first-order valence-corrected chi connectivity index (χ1v) is 9.99. The third-order valence-electron chi connectivity index (χ3n) is 4.13. The van der Waals surface area contributed by atoms with Crippen molar-refractivity contribution >= 4 is 39.0 Å². The summed E-state index contributed by atoms with van der Waals surface area (Å²) >= 11 is 6.11. The van der Waals surface area contributed by atoms with Crippen LogP contribution in [0.1, 0.15) is 27.8 Å². The molecule has 1 aliphatic heterocycles. The van der Waals surface area contributed by atoms with Gasteiger partial charge in [0.2, 0.25) is 10.0 Å². The van der Waals surface area contributed by atoms with Gasteiger partial charge in [0.05, 0.1) is 28.8 Å². The summed E-state index contributed by atoms with van der Waals surface area (Å²) in [5, 5.41) is 2.77. The van der Waals surface area contributed by atoms with Crippen LogP contribution < -0.4 is 5.32 Å². The number of hydrogen-bond acceptors (Lipinski definition) is 5. The van der Waals surface area contributed by atoms with Gasteiger partial charge in [-0.2, -0.15) is 4.31 Å². The predicted molar refractivity (Wildman–Crippen MR) is 99.8 cm³/mol. The molecule has 2 N–H and O–H groups in total. The van der Waals surface area contributed by atoms with E-state index in [1.807, 2.05) is 0 Å². The highest BCUT2D eigenvalue weighted by molar-refractivity contribution is 7.89. The van der Waals surface area contributed by atoms with E-state index in [1.54, 1.807) is 0 Å². The van der Waals surface area contributed by atoms with Gasteiger partial charge in [0.15, 0.2) is 5.78 Å². The summed E-state index contributed by atoms with van der Waals surface area (Å²) in [6.07, 6.45) is 1.43. The quantitative estimate of drug-likeness (QED) is 0.733. The van der Waals surface area contributed by atoms with Crippen molar-refractivity contribution in [2.75, 3.05) is 31.6 Å². The fraction of sp³-hybridized carbons (Fsp3) is 0.294. The number of carbonyl (C=O) groups excluding carboxylic acids is 2. The number of hydrogen-bond donors (Lipinski definition) is 2. The molecule has 0 radical (unpaired) electrons. The van der Waals surface area contributed by atoms with Gasteiger partial charge >= 0.3 is 0 Å². The van der Waals surface area contributed by atoms with Gasteiger partial charge in [-0.05, 0) is 31.2 Å². The largest absolute Gasteiger partial charge is 0.379 e. The van der Waals surface area contributed by atoms with Crippen molar-refractivity contribution in [1.82, 2.24) is 9.29 Å². The van der Waals surface area contributed by atoms with Crippen LogP contribution in [0.4, 0.5) is 5.69 Å². The Morgan fingerprint density at radius 3 is 2.56 bits per heavy atom. The number of nitrogens with one attached hydrogen (secondary N) is 2. The minimum absolute atomic E-state index is 0.0278. The van der Waals surface area contributed by atoms with Gasteiger partial charge in [-0.3, -0.25) is 9.59 Å². The molecule has 1 aliphatic rings. The van der Waals surface area contributed by atoms with Crippen molar-refractivity contribution < 1.29 is 22.7 Å². The lowest BCUT2D eigenvalue weighted by Gasteiger charge is -2.26. The third-order valence-corrected chi connectivity index (χ3v) is 6.35. The molecular formula is C17H18ClN3O5S. The number of amides is 1. The van der Waals surface area contributed by atoms with Gasteiger partial charge in [-0.1, -0.05) is 11.6 Å². The maximum atomic E-state index is 12.8. The number of sulfonamides is 1. The molecule has 2 aromatic rings. The number of anilines is 1. The molecule has 144 valence electrons. The summed E-state index contributed by atoms with van der Waals surface area (Å²) in [6, 6.07) is 5.55. The van der Waals surface area contributed by atoms with Crippen LogP contribution in [0.15, 0.2) is 35.4 Å². The van der Waals surface area contributed by atoms with Gasteiger partial charge < -0.3 is 15.0 Å². The number of Topliss-reactive ketones (excluding diaryl/α,β-unsaturated/α-hetero) is 1. The molecule has 0 spiro atoms. The predicted octanol–water partition coefficient (Wildman–Crippen LogP) is 2.14. The molecule has 1 fully saturated rings. The highest BCUT2D eigenvalue weighted by Gasteiger charge is 2.27. The minimum atomic E-state index is -3.72. The number of morpholine rings is 1. The normalized spacial score (nSPS) is 15.5. The molecule has 8 nitrogen and oxygen atoms in total. The maximum Gasteiger partial charge on any atom is 0.272 e. The van der Waals surface area contributed by atoms with Crippen LogP contribution in [0.2, 0.25) is 5.02 Å². The number of rotatable bonds is 5. The lowest BCUT2D eigenvalue weighted by molar-refractivity contribution is 0.0730. The first-order chi connectivity index (χ1) is 12.8. The first-order valence-electron chi connectivity index (χ1n) is 8.17. The molecule has 10 heteroatoms. The average Bonchev–Trinajstić information content (AvgIpc) is 3.15. The van der Waals surface area contributed by atoms with Crippen molar-refractivity contribution in [3.63, 3.8) is 0 Å². The fourth-order valence-corrected chi connectivity index (χ4v) is 4.21. The van der Waals surface area contributed by atoms with E-state index in [1.165, 1.54) is 41.7 Å². The SMILES string of the molecule is CC(=O)c1c[nH]c(C(=O)Nc2cc(S(=O)(=O)N3CCOCC3)ccc2Cl)c1. The van der Waals surface area contributed by atoms with Crippen molar-refractivity contribution in [3.05, 3.63) is 46.7 Å². The number of aromatic amines is 1. The van der Waals surface area contributed by atoms with Gasteiger partial charge in [0.25, 0.3) is 5.91 Å². The van der Waals surface area contributed by atoms with Crippen LogP contribution >= 0.6 is 11.6 Å². The summed E-state index contributed by atoms with van der Waals surface area (Å²) in [6.45, 7) is 2.59. The molecule has 0 aliphatic carbocycles. The van der Waals surface area contributed by atoms with Crippen LogP contribution in [-0.2, 0) is 14.8 Å². The van der Waals surface area contributed by atoms with E-state index in [4.69, 9.17) is 16.3 Å². The van der Waals surface area contributed by atoms with E-state index >= 15 is 0 Å². The Bertz CT molecular complexity index is 980. The van der Waals surface area contributed by atoms with Crippen LogP contribution in [0, 0.1) is 0 Å². The number of H-pyrrole nitrogens is 1. The molecular weight excluding hydrogens is 394 g/mol. The van der Waals surface area contributed by atoms with Gasteiger partial charge in [-0.15, -0.1) is 0 Å². The second-order valence-corrected chi connectivity index (χ2v) is 8.32. The summed E-state index contributed by atoms with van der Waals surface area (Å²) in [5.74, 6) is -0.716. The second-order valence-electron chi connectivity index (χ2n) is 5.97. The molecule has 1 amide bonds. The molecule has 0 bridgehead atoms. The van der Waals surface area contributed by atoms with E-state index in [-0.39, 0.29) is 40.2 Å². The van der Waals surface area contributed by atoms with E-state index in [0.717, 1.165) is 0 Å². The number of aromatic nitrogens is 1. The molecule has 0 unspecified atom stereocenters. The molecule has 2 heterocycles. The summed E-state index contributed by atoms with van der Waals surface area (Å²) in [5.41, 5.74) is 0.697. The van der Waals surface area contributed by atoms with E-state index < -0.39 is 15.9 Å². The number of halogens is 1. The van der Waals surface area contributed by atoms with Crippen LogP contribution in [0.25, 0.3) is 0 Å². The maximum absolute atomic E-state index is 12.8. The Morgan fingerprint density at radius 1 is 1.22 bits per heavy atom. The average molecular weight is 412 g/mol. The zero-order chi connectivity index (χ0) is 19.6. The van der Waals surface area contributed by atoms with Gasteiger partial charge in [0, 0.05) is 24.8 Å². The zero-order valence-electron chi connectivity index (χ0n) is 14.5. The Hall–Kier alpha value is -2.20. The second kappa shape index (κ2) is 7.81. The third kappa shape index (κ3) is 4.22. The molecule has 0 atom stereocenters. The zero-order valence-corrected chi connectivity index (χ0v) is 16.1. The lowest BCUT2D eigenvalue weighted by atomic mass is 10.2. The highest BCUT2D eigenvalue weighted by Crippen LogP contribution is 2.27. The molecule has 1 aromatic carbocycles. The molecule has 1 saturated heterocycles. The number of carbonyl (C=O) groups is 2. The number of nitrogens with zero attached hydrogens (tertiary/aromatic N) is 1. The number of benzene rings is 1. The lowest BCUT2D eigenvalue weighted by Crippen LogP contribution is -2.40. The fourth-order valence-electron chi connectivity index (χ4n) is 2.62. The van der Waals surface area contributed by atoms with Crippen LogP contribution in [0.5, 0.6) is 0 Å². The molecule has 1 aromatic heterocycles. The van der Waals surface area contributed by atoms with Gasteiger partial charge in [0.1, 0.15) is 5.69 Å². The Kier molecular flexibility index (Phi) is 5.66. The monoisotopic (exact) mass is 411 g/mol. The molecule has 27 heavy (non-hydrogen) atoms. The number of ketones is 1. The topological polar surface area (TPSA) is 109 Å². The molecule has 3 rings (SSSR count). The van der Waals surface area contributed by atoms with Crippen LogP contribution in [-0.4, -0.2) is 55.7 Å². The Labute approximate surface area is 161 Å². The summed E-state index contributed by atoms with van der Waals surface area (Å²) in [4.78, 5) is 26.5. The van der Waals surface area contributed by atoms with Crippen molar-refractivity contribution in [3.8, 4) is 0 Å². The van der Waals surface area contributed by atoms with E-state index in [0.29, 0.717) is 18.8 Å². The molecule has 0 saturated carbocycles. The standard InChI is InChI=1S/C17H18ClN3O5S/c1-11(22)12-8-16(19-10-12)17(23)20-15-9-13(2-3-14(15)18)27(24,25)21-4-6-26-7-5-21/h2-3,8-10,19H,4-7H2,1H3,(H,20,23). The number of ether oxygens (including phenoxy) is 1. The van der Waals surface area contributed by atoms with E-state index in [2.05, 4.69) is 10.3 Å². The van der Waals surface area contributed by atoms with Crippen molar-refractivity contribution in [2.45, 2.75) is 11.8 Å². The Balaban J connectivity index is 1.84. The van der Waals surface area contributed by atoms with Crippen molar-refractivity contribution in [2.24, 2.45) is 0 Å². The summed E-state index contributed by atoms with van der Waals surface area (Å²) < 4.78 is 32.0. The van der Waals surface area contributed by atoms with Crippen LogP contribution in [0.3, 0.4) is 0 Å².